The van der Waals surface area contributed by atoms with E-state index in [4.69, 9.17) is 15.6 Å². The van der Waals surface area contributed by atoms with E-state index < -0.39 is 18.4 Å². The van der Waals surface area contributed by atoms with Crippen LogP contribution in [0.1, 0.15) is 12.6 Å². The Kier molecular flexibility index (Phi) is 2.58. The van der Waals surface area contributed by atoms with Gasteiger partial charge in [-0.25, -0.2) is 4.98 Å². The largest absolute Gasteiger partial charge is 0.394 e. The fraction of sp³-hybridized carbons (Fsp3) is 0.556. The lowest BCUT2D eigenvalue weighted by Crippen LogP contribution is -2.24. The molecule has 18 heavy (non-hydrogen) atoms. The zero-order chi connectivity index (χ0) is 12.7. The summed E-state index contributed by atoms with van der Waals surface area (Å²) in [6.07, 6.45) is 0.0946. The van der Waals surface area contributed by atoms with Crippen molar-refractivity contribution in [3.63, 3.8) is 0 Å². The third kappa shape index (κ3) is 1.60. The third-order valence-electron chi connectivity index (χ3n) is 3.00. The second-order valence-electron chi connectivity index (χ2n) is 4.11. The van der Waals surface area contributed by atoms with Crippen molar-refractivity contribution in [1.82, 2.24) is 25.0 Å². The van der Waals surface area contributed by atoms with E-state index in [0.717, 1.165) is 0 Å². The fourth-order valence-corrected chi connectivity index (χ4v) is 2.06. The molecule has 4 N–H and O–H groups in total. The third-order valence-corrected chi connectivity index (χ3v) is 3.00. The highest BCUT2D eigenvalue weighted by molar-refractivity contribution is 5.80. The van der Waals surface area contributed by atoms with Crippen molar-refractivity contribution >= 4 is 17.0 Å². The van der Waals surface area contributed by atoms with Crippen LogP contribution in [-0.2, 0) is 4.74 Å². The lowest BCUT2D eigenvalue weighted by Gasteiger charge is -2.13. The number of aliphatic hydroxyl groups excluding tert-OH is 2. The van der Waals surface area contributed by atoms with Gasteiger partial charge < -0.3 is 20.7 Å². The predicted octanol–water partition coefficient (Wildman–Crippen LogP) is -1.56. The molecular formula is C9H12N6O3. The van der Waals surface area contributed by atoms with E-state index in [0.29, 0.717) is 17.6 Å². The number of aromatic nitrogens is 5. The van der Waals surface area contributed by atoms with Crippen LogP contribution >= 0.6 is 0 Å². The van der Waals surface area contributed by atoms with E-state index in [2.05, 4.69) is 20.4 Å². The van der Waals surface area contributed by atoms with Gasteiger partial charge in [-0.3, -0.25) is 4.57 Å². The number of nitrogens with two attached hydrogens (primary N) is 1. The number of ether oxygens (including phenoxy) is 1. The first-order chi connectivity index (χ1) is 8.70. The molecule has 0 saturated carbocycles. The van der Waals surface area contributed by atoms with Gasteiger partial charge in [-0.2, -0.15) is 0 Å². The van der Waals surface area contributed by atoms with Crippen LogP contribution in [0, 0.1) is 0 Å². The number of aliphatic hydroxyl groups is 2. The number of fused-ring (bicyclic) bond motifs is 1. The summed E-state index contributed by atoms with van der Waals surface area (Å²) in [5, 5.41) is 29.7. The first-order valence-corrected chi connectivity index (χ1v) is 5.46. The van der Waals surface area contributed by atoms with E-state index in [1.165, 1.54) is 6.33 Å². The molecule has 0 unspecified atom stereocenters. The minimum Gasteiger partial charge on any atom is -0.394 e. The van der Waals surface area contributed by atoms with Crippen molar-refractivity contribution < 1.29 is 14.9 Å². The zero-order valence-electron chi connectivity index (χ0n) is 9.34. The monoisotopic (exact) mass is 252 g/mol. The summed E-state index contributed by atoms with van der Waals surface area (Å²) in [5.41, 5.74) is 6.51. The molecule has 0 aliphatic carbocycles. The molecule has 0 amide bonds. The summed E-state index contributed by atoms with van der Waals surface area (Å²) in [6.45, 7) is -0.236. The summed E-state index contributed by atoms with van der Waals surface area (Å²) in [7, 11) is 0. The van der Waals surface area contributed by atoms with Gasteiger partial charge in [0.25, 0.3) is 0 Å². The average Bonchev–Trinajstić information content (AvgIpc) is 2.93. The molecule has 1 aliphatic rings. The number of imidazole rings is 1. The molecule has 3 heterocycles. The van der Waals surface area contributed by atoms with Crippen molar-refractivity contribution in [3.05, 3.63) is 6.33 Å². The molecule has 3 rings (SSSR count). The molecule has 2 aromatic rings. The summed E-state index contributed by atoms with van der Waals surface area (Å²) in [5.74, 6) is 0.191. The Morgan fingerprint density at radius 2 is 2.33 bits per heavy atom. The average molecular weight is 252 g/mol. The predicted molar refractivity (Wildman–Crippen MR) is 59.2 cm³/mol. The molecule has 3 atom stereocenters. The highest BCUT2D eigenvalue weighted by Gasteiger charge is 2.35. The van der Waals surface area contributed by atoms with Crippen molar-refractivity contribution in [2.75, 3.05) is 12.3 Å². The van der Waals surface area contributed by atoms with Crippen LogP contribution < -0.4 is 5.73 Å². The molecule has 1 fully saturated rings. The maximum absolute atomic E-state index is 9.69. The number of hydrogen-bond donors (Lipinski definition) is 3. The van der Waals surface area contributed by atoms with Crippen LogP contribution in [0.15, 0.2) is 6.33 Å². The minimum atomic E-state index is -0.718. The summed E-state index contributed by atoms with van der Waals surface area (Å²) >= 11 is 0. The molecule has 0 radical (unpaired) electrons. The number of nitrogen functional groups attached to an aromatic ring is 1. The van der Waals surface area contributed by atoms with Gasteiger partial charge in [0, 0.05) is 6.42 Å². The second-order valence-corrected chi connectivity index (χ2v) is 4.11. The Balaban J connectivity index is 1.99. The Morgan fingerprint density at radius 1 is 1.50 bits per heavy atom. The maximum atomic E-state index is 9.69. The van der Waals surface area contributed by atoms with E-state index >= 15 is 0 Å². The molecule has 2 aromatic heterocycles. The highest BCUT2D eigenvalue weighted by atomic mass is 16.5. The van der Waals surface area contributed by atoms with Gasteiger partial charge in [0.15, 0.2) is 17.0 Å². The highest BCUT2D eigenvalue weighted by Crippen LogP contribution is 2.30. The normalized spacial score (nSPS) is 28.0. The SMILES string of the molecule is Nc1nnnc2c1ncn2[C@@H]1C[C@H](O)[C@@H](CO)O1. The van der Waals surface area contributed by atoms with Crippen molar-refractivity contribution in [2.24, 2.45) is 0 Å². The lowest BCUT2D eigenvalue weighted by molar-refractivity contribution is -0.0432. The van der Waals surface area contributed by atoms with Gasteiger partial charge in [0.05, 0.1) is 19.0 Å². The smallest absolute Gasteiger partial charge is 0.190 e. The van der Waals surface area contributed by atoms with Gasteiger partial charge in [0.2, 0.25) is 0 Å². The van der Waals surface area contributed by atoms with E-state index in [-0.39, 0.29) is 12.4 Å². The number of rotatable bonds is 2. The number of anilines is 1. The molecule has 1 aliphatic heterocycles. The van der Waals surface area contributed by atoms with Gasteiger partial charge in [-0.1, -0.05) is 0 Å². The topological polar surface area (TPSA) is 132 Å². The second kappa shape index (κ2) is 4.12. The fourth-order valence-electron chi connectivity index (χ4n) is 2.06. The van der Waals surface area contributed by atoms with Crippen LogP contribution in [0.2, 0.25) is 0 Å². The zero-order valence-corrected chi connectivity index (χ0v) is 9.34. The number of hydrogen-bond acceptors (Lipinski definition) is 8. The van der Waals surface area contributed by atoms with Crippen molar-refractivity contribution in [3.8, 4) is 0 Å². The quantitative estimate of drug-likeness (QED) is 0.584. The Hall–Kier alpha value is -1.84. The molecular weight excluding hydrogens is 240 g/mol. The molecule has 9 nitrogen and oxygen atoms in total. The van der Waals surface area contributed by atoms with Gasteiger partial charge in [-0.05, 0) is 5.21 Å². The molecule has 96 valence electrons. The molecule has 0 bridgehead atoms. The van der Waals surface area contributed by atoms with Crippen molar-refractivity contribution in [2.45, 2.75) is 24.9 Å². The Morgan fingerprint density at radius 3 is 3.06 bits per heavy atom. The van der Waals surface area contributed by atoms with Gasteiger partial charge >= 0.3 is 0 Å². The summed E-state index contributed by atoms with van der Waals surface area (Å²) < 4.78 is 7.13. The summed E-state index contributed by atoms with van der Waals surface area (Å²) in [4.78, 5) is 4.09. The van der Waals surface area contributed by atoms with Crippen LogP contribution in [0.25, 0.3) is 11.2 Å². The van der Waals surface area contributed by atoms with E-state index in [1.54, 1.807) is 4.57 Å². The molecule has 0 aromatic carbocycles. The number of nitrogens with zero attached hydrogens (tertiary/aromatic N) is 5. The Bertz CT molecular complexity index is 572. The molecule has 9 heteroatoms. The van der Waals surface area contributed by atoms with Crippen LogP contribution in [0.5, 0.6) is 0 Å². The molecule has 0 spiro atoms. The summed E-state index contributed by atoms with van der Waals surface area (Å²) in [6, 6.07) is 0. The lowest BCUT2D eigenvalue weighted by atomic mass is 10.2. The minimum absolute atomic E-state index is 0.191. The van der Waals surface area contributed by atoms with Gasteiger partial charge in [0.1, 0.15) is 12.3 Å². The molecule has 1 saturated heterocycles. The van der Waals surface area contributed by atoms with Crippen LogP contribution in [-0.4, -0.2) is 54.0 Å². The van der Waals surface area contributed by atoms with Crippen LogP contribution in [0.3, 0.4) is 0 Å². The Labute approximate surface area is 101 Å². The van der Waals surface area contributed by atoms with Crippen molar-refractivity contribution in [1.29, 1.82) is 0 Å². The van der Waals surface area contributed by atoms with Gasteiger partial charge in [-0.15, -0.1) is 10.2 Å². The van der Waals surface area contributed by atoms with Crippen LogP contribution in [0.4, 0.5) is 5.82 Å². The van der Waals surface area contributed by atoms with E-state index in [1.807, 2.05) is 0 Å². The maximum Gasteiger partial charge on any atom is 0.190 e. The first kappa shape index (κ1) is 11.3. The first-order valence-electron chi connectivity index (χ1n) is 5.46. The van der Waals surface area contributed by atoms with E-state index in [9.17, 15) is 5.11 Å². The standard InChI is InChI=1S/C9H12N6O3/c10-8-7-9(13-14-12-8)15(3-11-7)6-1-4(17)5(2-16)18-6/h3-6,16-17H,1-2H2,(H2,10,12,13)/t4-,5+,6-/m0/s1.